The molecule has 2 aliphatic heterocycles. The molecule has 0 atom stereocenters. The van der Waals surface area contributed by atoms with Crippen LogP contribution in [0.5, 0.6) is 0 Å². The Kier molecular flexibility index (Phi) is 2.01. The molecule has 4 nitrogen and oxygen atoms in total. The fourth-order valence-corrected chi connectivity index (χ4v) is 2.08. The monoisotopic (exact) mass is 160 g/mol. The molecule has 10 heavy (non-hydrogen) atoms. The van der Waals surface area contributed by atoms with Crippen LogP contribution in [-0.2, 0) is 13.3 Å². The molecule has 0 amide bonds. The quantitative estimate of drug-likeness (QED) is 0.439. The molecule has 0 spiro atoms. The SMILES string of the molecule is C1CN2CCO[Si](O1)OC2. The Morgan fingerprint density at radius 2 is 1.70 bits per heavy atom. The zero-order valence-electron chi connectivity index (χ0n) is 5.71. The Hall–Kier alpha value is 0.0569. The number of hydrogen-bond acceptors (Lipinski definition) is 4. The Labute approximate surface area is 61.6 Å². The zero-order valence-corrected chi connectivity index (χ0v) is 6.71. The fraction of sp³-hybridized carbons (Fsp3) is 1.00. The lowest BCUT2D eigenvalue weighted by Crippen LogP contribution is -2.31. The van der Waals surface area contributed by atoms with Crippen LogP contribution in [0.4, 0.5) is 0 Å². The minimum Gasteiger partial charge on any atom is -0.370 e. The van der Waals surface area contributed by atoms with Gasteiger partial charge in [0.05, 0.1) is 19.9 Å². The molecule has 0 aromatic heterocycles. The van der Waals surface area contributed by atoms with Crippen LogP contribution >= 0.6 is 0 Å². The first kappa shape index (κ1) is 6.75. The van der Waals surface area contributed by atoms with Gasteiger partial charge in [-0.2, -0.15) is 0 Å². The van der Waals surface area contributed by atoms with Crippen LogP contribution in [0, 0.1) is 0 Å². The summed E-state index contributed by atoms with van der Waals surface area (Å²) in [7, 11) is -1.33. The molecule has 0 unspecified atom stereocenters. The maximum atomic E-state index is 5.31. The van der Waals surface area contributed by atoms with Crippen molar-refractivity contribution >= 4 is 9.53 Å². The van der Waals surface area contributed by atoms with E-state index < -0.39 is 9.53 Å². The van der Waals surface area contributed by atoms with E-state index in [2.05, 4.69) is 4.90 Å². The highest BCUT2D eigenvalue weighted by molar-refractivity contribution is 6.36. The predicted molar refractivity (Wildman–Crippen MR) is 35.2 cm³/mol. The molecule has 0 aliphatic carbocycles. The van der Waals surface area contributed by atoms with Crippen molar-refractivity contribution in [1.29, 1.82) is 0 Å². The van der Waals surface area contributed by atoms with Crippen LogP contribution in [0.1, 0.15) is 0 Å². The lowest BCUT2D eigenvalue weighted by atomic mass is 10.5. The lowest BCUT2D eigenvalue weighted by Gasteiger charge is -2.16. The third kappa shape index (κ3) is 1.38. The van der Waals surface area contributed by atoms with Gasteiger partial charge in [-0.3, -0.25) is 4.90 Å². The third-order valence-corrected chi connectivity index (χ3v) is 2.86. The molecule has 0 N–H and O–H groups in total. The van der Waals surface area contributed by atoms with Crippen LogP contribution in [0.3, 0.4) is 0 Å². The second kappa shape index (κ2) is 2.98. The second-order valence-corrected chi connectivity index (χ2v) is 3.70. The van der Waals surface area contributed by atoms with E-state index in [0.29, 0.717) is 6.73 Å². The summed E-state index contributed by atoms with van der Waals surface area (Å²) in [6.07, 6.45) is 0. The molecule has 2 heterocycles. The molecule has 2 rings (SSSR count). The third-order valence-electron chi connectivity index (χ3n) is 1.62. The van der Waals surface area contributed by atoms with Crippen molar-refractivity contribution in [3.05, 3.63) is 0 Å². The van der Waals surface area contributed by atoms with Crippen molar-refractivity contribution in [2.45, 2.75) is 0 Å². The Bertz CT molecular complexity index is 101. The molecule has 0 saturated carbocycles. The minimum absolute atomic E-state index is 0.689. The van der Waals surface area contributed by atoms with Gasteiger partial charge in [0.2, 0.25) is 0 Å². The average molecular weight is 160 g/mol. The molecule has 0 aromatic rings. The van der Waals surface area contributed by atoms with Crippen molar-refractivity contribution in [3.63, 3.8) is 0 Å². The van der Waals surface area contributed by atoms with Gasteiger partial charge < -0.3 is 13.3 Å². The maximum Gasteiger partial charge on any atom is 0.578 e. The van der Waals surface area contributed by atoms with Gasteiger partial charge in [0.25, 0.3) is 0 Å². The summed E-state index contributed by atoms with van der Waals surface area (Å²) in [6.45, 7) is 4.17. The smallest absolute Gasteiger partial charge is 0.370 e. The predicted octanol–water partition coefficient (Wildman–Crippen LogP) is -0.692. The summed E-state index contributed by atoms with van der Waals surface area (Å²) in [4.78, 5) is 2.20. The molecule has 2 bridgehead atoms. The molecule has 0 aromatic carbocycles. The van der Waals surface area contributed by atoms with E-state index in [1.165, 1.54) is 0 Å². The van der Waals surface area contributed by atoms with Gasteiger partial charge in [-0.05, 0) is 0 Å². The molecular formula is C5H10NO3Si. The van der Waals surface area contributed by atoms with Gasteiger partial charge in [-0.1, -0.05) is 0 Å². The Balaban J connectivity index is 2.01. The van der Waals surface area contributed by atoms with Gasteiger partial charge in [-0.25, -0.2) is 0 Å². The van der Waals surface area contributed by atoms with Crippen LogP contribution in [-0.4, -0.2) is 47.5 Å². The fourth-order valence-electron chi connectivity index (χ4n) is 1.03. The van der Waals surface area contributed by atoms with E-state index in [1.807, 2.05) is 0 Å². The van der Waals surface area contributed by atoms with Gasteiger partial charge >= 0.3 is 9.53 Å². The van der Waals surface area contributed by atoms with Crippen LogP contribution < -0.4 is 0 Å². The molecule has 57 valence electrons. The summed E-state index contributed by atoms with van der Waals surface area (Å²) in [5.74, 6) is 0. The van der Waals surface area contributed by atoms with E-state index in [-0.39, 0.29) is 0 Å². The second-order valence-electron chi connectivity index (χ2n) is 2.34. The molecule has 2 aliphatic rings. The normalized spacial score (nSPS) is 30.0. The van der Waals surface area contributed by atoms with Crippen molar-refractivity contribution in [1.82, 2.24) is 4.90 Å². The topological polar surface area (TPSA) is 30.9 Å². The lowest BCUT2D eigenvalue weighted by molar-refractivity contribution is 0.128. The van der Waals surface area contributed by atoms with Gasteiger partial charge in [0.1, 0.15) is 0 Å². The molecule has 1 radical (unpaired) electrons. The largest absolute Gasteiger partial charge is 0.578 e. The first-order chi connectivity index (χ1) is 4.95. The maximum absolute atomic E-state index is 5.31. The van der Waals surface area contributed by atoms with E-state index in [1.54, 1.807) is 0 Å². The summed E-state index contributed by atoms with van der Waals surface area (Å²) < 4.78 is 15.9. The number of nitrogens with zero attached hydrogens (tertiary/aromatic N) is 1. The molecular weight excluding hydrogens is 150 g/mol. The summed E-state index contributed by atoms with van der Waals surface area (Å²) in [6, 6.07) is 0. The average Bonchev–Trinajstić information content (AvgIpc) is 2.17. The minimum atomic E-state index is -1.33. The van der Waals surface area contributed by atoms with Gasteiger partial charge in [0.15, 0.2) is 0 Å². The molecule has 2 fully saturated rings. The van der Waals surface area contributed by atoms with E-state index in [4.69, 9.17) is 13.3 Å². The summed E-state index contributed by atoms with van der Waals surface area (Å²) in [5, 5.41) is 0. The highest BCUT2D eigenvalue weighted by Crippen LogP contribution is 2.05. The molecule has 2 saturated heterocycles. The van der Waals surface area contributed by atoms with Crippen molar-refractivity contribution in [2.24, 2.45) is 0 Å². The van der Waals surface area contributed by atoms with E-state index in [9.17, 15) is 0 Å². The van der Waals surface area contributed by atoms with Crippen molar-refractivity contribution in [2.75, 3.05) is 33.0 Å². The van der Waals surface area contributed by atoms with Gasteiger partial charge in [0, 0.05) is 13.1 Å². The number of rotatable bonds is 0. The van der Waals surface area contributed by atoms with Crippen LogP contribution in [0.15, 0.2) is 0 Å². The summed E-state index contributed by atoms with van der Waals surface area (Å²) in [5.41, 5.74) is 0. The molecule has 5 heteroatoms. The first-order valence-corrected chi connectivity index (χ1v) is 4.65. The highest BCUT2D eigenvalue weighted by Gasteiger charge is 2.27. The van der Waals surface area contributed by atoms with Crippen LogP contribution in [0.2, 0.25) is 0 Å². The Morgan fingerprint density at radius 1 is 1.00 bits per heavy atom. The number of fused-ring (bicyclic) bond motifs is 3. The highest BCUT2D eigenvalue weighted by atomic mass is 28.3. The number of hydrogen-bond donors (Lipinski definition) is 0. The van der Waals surface area contributed by atoms with Crippen LogP contribution in [0.25, 0.3) is 0 Å². The van der Waals surface area contributed by atoms with E-state index in [0.717, 1.165) is 26.3 Å². The first-order valence-electron chi connectivity index (χ1n) is 3.43. The zero-order chi connectivity index (χ0) is 6.81. The van der Waals surface area contributed by atoms with E-state index >= 15 is 0 Å². The Morgan fingerprint density at radius 3 is 2.40 bits per heavy atom. The van der Waals surface area contributed by atoms with Gasteiger partial charge in [-0.15, -0.1) is 0 Å². The summed E-state index contributed by atoms with van der Waals surface area (Å²) >= 11 is 0. The van der Waals surface area contributed by atoms with Crippen molar-refractivity contribution < 1.29 is 13.3 Å². The van der Waals surface area contributed by atoms with Crippen molar-refractivity contribution in [3.8, 4) is 0 Å². The standard InChI is InChI=1S/C5H10NO3Si/c1-3-7-10-8-4-2-6(1)5-9-10/h1-5H2.